The van der Waals surface area contributed by atoms with Gasteiger partial charge in [0.25, 0.3) is 8.32 Å². The Bertz CT molecular complexity index is 399. The lowest BCUT2D eigenvalue weighted by molar-refractivity contribution is 0.489. The highest BCUT2D eigenvalue weighted by Gasteiger charge is 2.39. The average Bonchev–Trinajstić information content (AvgIpc) is 2.19. The van der Waals surface area contributed by atoms with Crippen molar-refractivity contribution < 1.29 is 4.43 Å². The number of rotatable bonds is 3. The van der Waals surface area contributed by atoms with Crippen molar-refractivity contribution in [2.75, 3.05) is 0 Å². The molecule has 0 heterocycles. The molecule has 0 N–H and O–H groups in total. The first-order valence-electron chi connectivity index (χ1n) is 5.76. The van der Waals surface area contributed by atoms with Gasteiger partial charge in [-0.05, 0) is 24.2 Å². The lowest BCUT2D eigenvalue weighted by atomic mass is 10.2. The van der Waals surface area contributed by atoms with Crippen LogP contribution in [0.25, 0.3) is 0 Å². The highest BCUT2D eigenvalue weighted by Crippen LogP contribution is 2.40. The van der Waals surface area contributed by atoms with Crippen LogP contribution >= 0.6 is 24.2 Å². The number of benzene rings is 1. The molecule has 0 bridgehead atoms. The largest absolute Gasteiger partial charge is 0.542 e. The Hall–Kier alpha value is -0.123. The van der Waals surface area contributed by atoms with Gasteiger partial charge in [-0.25, -0.2) is 0 Å². The zero-order valence-corrected chi connectivity index (χ0v) is 13.8. The molecular formula is C13H21ClOSSi. The number of para-hydroxylation sites is 1. The van der Waals surface area contributed by atoms with Gasteiger partial charge in [-0.15, -0.1) is 0 Å². The molecule has 1 aromatic carbocycles. The summed E-state index contributed by atoms with van der Waals surface area (Å²) in [5, 5.41) is 0.849. The quantitative estimate of drug-likeness (QED) is 0.597. The van der Waals surface area contributed by atoms with Gasteiger partial charge in [0.05, 0.1) is 5.02 Å². The molecule has 1 rings (SSSR count). The zero-order valence-electron chi connectivity index (χ0n) is 11.2. The summed E-state index contributed by atoms with van der Waals surface area (Å²) in [6, 6.07) is 5.82. The van der Waals surface area contributed by atoms with Gasteiger partial charge in [-0.2, -0.15) is 12.6 Å². The van der Waals surface area contributed by atoms with Gasteiger partial charge < -0.3 is 4.43 Å². The Kier molecular flexibility index (Phi) is 4.61. The smallest absolute Gasteiger partial charge is 0.250 e. The standard InChI is InChI=1S/C13H21ClOSSi/c1-13(2,3)17(4,5)15-12-10(9-16)7-6-8-11(12)14/h6-8,16H,9H2,1-5H3. The van der Waals surface area contributed by atoms with Crippen molar-refractivity contribution in [3.05, 3.63) is 28.8 Å². The molecule has 0 saturated carbocycles. The van der Waals surface area contributed by atoms with Gasteiger partial charge in [0, 0.05) is 11.3 Å². The first kappa shape index (κ1) is 14.9. The van der Waals surface area contributed by atoms with E-state index in [1.54, 1.807) is 0 Å². The van der Waals surface area contributed by atoms with E-state index in [2.05, 4.69) is 46.5 Å². The molecule has 0 atom stereocenters. The summed E-state index contributed by atoms with van der Waals surface area (Å²) in [5.41, 5.74) is 1.06. The molecule has 0 radical (unpaired) electrons. The topological polar surface area (TPSA) is 9.23 Å². The molecule has 0 amide bonds. The Balaban J connectivity index is 3.11. The minimum atomic E-state index is -1.84. The van der Waals surface area contributed by atoms with Crippen LogP contribution in [0.15, 0.2) is 18.2 Å². The van der Waals surface area contributed by atoms with Gasteiger partial charge in [-0.1, -0.05) is 44.5 Å². The SMILES string of the molecule is CC(C)(C)[Si](C)(C)Oc1c(Cl)cccc1CS. The summed E-state index contributed by atoms with van der Waals surface area (Å²) >= 11 is 10.6. The van der Waals surface area contributed by atoms with E-state index in [1.807, 2.05) is 18.2 Å². The maximum Gasteiger partial charge on any atom is 0.250 e. The average molecular weight is 289 g/mol. The third-order valence-electron chi connectivity index (χ3n) is 3.38. The second kappa shape index (κ2) is 5.25. The Labute approximate surface area is 116 Å². The van der Waals surface area contributed by atoms with E-state index in [4.69, 9.17) is 16.0 Å². The van der Waals surface area contributed by atoms with E-state index >= 15 is 0 Å². The van der Waals surface area contributed by atoms with Gasteiger partial charge in [0.15, 0.2) is 0 Å². The number of halogens is 1. The molecule has 0 aromatic heterocycles. The maximum atomic E-state index is 6.28. The van der Waals surface area contributed by atoms with Crippen LogP contribution in [-0.2, 0) is 5.75 Å². The van der Waals surface area contributed by atoms with E-state index in [-0.39, 0.29) is 5.04 Å². The highest BCUT2D eigenvalue weighted by molar-refractivity contribution is 7.79. The summed E-state index contributed by atoms with van der Waals surface area (Å²) in [6.07, 6.45) is 0. The van der Waals surface area contributed by atoms with Crippen LogP contribution in [0.4, 0.5) is 0 Å². The Morgan fingerprint density at radius 2 is 1.88 bits per heavy atom. The summed E-state index contributed by atoms with van der Waals surface area (Å²) in [5.74, 6) is 1.46. The second-order valence-electron chi connectivity index (χ2n) is 5.75. The van der Waals surface area contributed by atoms with Gasteiger partial charge in [0.1, 0.15) is 5.75 Å². The maximum absolute atomic E-state index is 6.28. The summed E-state index contributed by atoms with van der Waals surface area (Å²) in [7, 11) is -1.84. The minimum Gasteiger partial charge on any atom is -0.542 e. The fourth-order valence-corrected chi connectivity index (χ4v) is 2.80. The Morgan fingerprint density at radius 3 is 2.35 bits per heavy atom. The predicted octanol–water partition coefficient (Wildman–Crippen LogP) is 5.15. The number of hydrogen-bond donors (Lipinski definition) is 1. The third-order valence-corrected chi connectivity index (χ3v) is 8.35. The second-order valence-corrected chi connectivity index (χ2v) is 11.2. The summed E-state index contributed by atoms with van der Waals surface area (Å²) < 4.78 is 6.28. The van der Waals surface area contributed by atoms with Crippen molar-refractivity contribution in [3.8, 4) is 5.75 Å². The lowest BCUT2D eigenvalue weighted by Gasteiger charge is -2.37. The van der Waals surface area contributed by atoms with Crippen LogP contribution in [-0.4, -0.2) is 8.32 Å². The lowest BCUT2D eigenvalue weighted by Crippen LogP contribution is -2.44. The van der Waals surface area contributed by atoms with Crippen LogP contribution in [0, 0.1) is 0 Å². The molecule has 1 aromatic rings. The van der Waals surface area contributed by atoms with Crippen molar-refractivity contribution in [2.24, 2.45) is 0 Å². The molecule has 0 spiro atoms. The number of thiol groups is 1. The first-order valence-corrected chi connectivity index (χ1v) is 9.68. The molecule has 0 aliphatic rings. The molecular weight excluding hydrogens is 268 g/mol. The molecule has 0 fully saturated rings. The van der Waals surface area contributed by atoms with Crippen LogP contribution in [0.1, 0.15) is 26.3 Å². The van der Waals surface area contributed by atoms with Crippen LogP contribution in [0.2, 0.25) is 23.2 Å². The van der Waals surface area contributed by atoms with Crippen molar-refractivity contribution in [1.82, 2.24) is 0 Å². The normalized spacial score (nSPS) is 12.6. The monoisotopic (exact) mass is 288 g/mol. The van der Waals surface area contributed by atoms with Crippen LogP contribution in [0.5, 0.6) is 5.75 Å². The van der Waals surface area contributed by atoms with E-state index in [9.17, 15) is 0 Å². The zero-order chi connectivity index (χ0) is 13.3. The predicted molar refractivity (Wildman–Crippen MR) is 82.0 cm³/mol. The Morgan fingerprint density at radius 1 is 1.29 bits per heavy atom. The molecule has 17 heavy (non-hydrogen) atoms. The van der Waals surface area contributed by atoms with E-state index in [0.717, 1.165) is 11.3 Å². The molecule has 0 saturated heterocycles. The molecule has 0 aliphatic heterocycles. The van der Waals surface area contributed by atoms with Crippen LogP contribution in [0.3, 0.4) is 0 Å². The fraction of sp³-hybridized carbons (Fsp3) is 0.538. The van der Waals surface area contributed by atoms with Crippen molar-refractivity contribution in [1.29, 1.82) is 0 Å². The van der Waals surface area contributed by atoms with Gasteiger partial charge >= 0.3 is 0 Å². The number of hydrogen-bond acceptors (Lipinski definition) is 2. The van der Waals surface area contributed by atoms with E-state index in [1.165, 1.54) is 0 Å². The molecule has 0 aliphatic carbocycles. The van der Waals surface area contributed by atoms with Crippen LogP contribution < -0.4 is 4.43 Å². The van der Waals surface area contributed by atoms with Gasteiger partial charge in [-0.3, -0.25) is 0 Å². The highest BCUT2D eigenvalue weighted by atomic mass is 35.5. The minimum absolute atomic E-state index is 0.167. The fourth-order valence-electron chi connectivity index (χ4n) is 1.20. The first-order chi connectivity index (χ1) is 7.69. The van der Waals surface area contributed by atoms with Crippen molar-refractivity contribution in [3.63, 3.8) is 0 Å². The van der Waals surface area contributed by atoms with E-state index in [0.29, 0.717) is 10.8 Å². The molecule has 96 valence electrons. The summed E-state index contributed by atoms with van der Waals surface area (Å²) in [6.45, 7) is 11.1. The van der Waals surface area contributed by atoms with Crippen molar-refractivity contribution >= 4 is 32.5 Å². The third kappa shape index (κ3) is 3.43. The summed E-state index contributed by atoms with van der Waals surface area (Å²) in [4.78, 5) is 0. The molecule has 4 heteroatoms. The molecule has 1 nitrogen and oxygen atoms in total. The van der Waals surface area contributed by atoms with Gasteiger partial charge in [0.2, 0.25) is 0 Å². The van der Waals surface area contributed by atoms with E-state index < -0.39 is 8.32 Å². The molecule has 0 unspecified atom stereocenters. The van der Waals surface area contributed by atoms with Crippen molar-refractivity contribution in [2.45, 2.75) is 44.7 Å².